The maximum Gasteiger partial charge on any atom is 0.270 e. The van der Waals surface area contributed by atoms with Gasteiger partial charge in [0.1, 0.15) is 24.2 Å². The minimum Gasteiger partial charge on any atom is -0.490 e. The molecule has 1 aromatic heterocycles. The molecule has 0 amide bonds. The van der Waals surface area contributed by atoms with Crippen molar-refractivity contribution in [2.45, 2.75) is 6.54 Å². The van der Waals surface area contributed by atoms with Gasteiger partial charge in [-0.05, 0) is 6.07 Å². The third kappa shape index (κ3) is 3.43. The summed E-state index contributed by atoms with van der Waals surface area (Å²) >= 11 is 0. The SMILES string of the molecule is N#Cc1cccc(Cn2ncc(OCCN)cc2=O)c1F. The number of aromatic nitrogens is 2. The van der Waals surface area contributed by atoms with Crippen molar-refractivity contribution in [1.29, 1.82) is 5.26 Å². The standard InChI is InChI=1S/C14H13FN4O2/c15-14-10(7-17)2-1-3-11(14)9-19-13(20)6-12(8-18-19)21-5-4-16/h1-3,6,8H,4-5,9,16H2. The van der Waals surface area contributed by atoms with Gasteiger partial charge in [-0.2, -0.15) is 10.4 Å². The van der Waals surface area contributed by atoms with Gasteiger partial charge >= 0.3 is 0 Å². The summed E-state index contributed by atoms with van der Waals surface area (Å²) in [5.41, 5.74) is 5.02. The molecule has 0 aliphatic heterocycles. The minimum atomic E-state index is -0.642. The second kappa shape index (κ2) is 6.63. The maximum absolute atomic E-state index is 13.9. The number of hydrogen-bond acceptors (Lipinski definition) is 5. The first kappa shape index (κ1) is 14.7. The first-order chi connectivity index (χ1) is 10.2. The molecule has 0 radical (unpaired) electrons. The Labute approximate surface area is 120 Å². The van der Waals surface area contributed by atoms with Gasteiger partial charge in [-0.3, -0.25) is 4.79 Å². The molecule has 2 aromatic rings. The molecule has 0 fully saturated rings. The van der Waals surface area contributed by atoms with Crippen molar-refractivity contribution in [2.75, 3.05) is 13.2 Å². The fraction of sp³-hybridized carbons (Fsp3) is 0.214. The highest BCUT2D eigenvalue weighted by molar-refractivity contribution is 5.35. The van der Waals surface area contributed by atoms with Crippen molar-refractivity contribution in [2.24, 2.45) is 5.73 Å². The lowest BCUT2D eigenvalue weighted by Gasteiger charge is -2.08. The third-order valence-corrected chi connectivity index (χ3v) is 2.75. The zero-order valence-corrected chi connectivity index (χ0v) is 11.1. The van der Waals surface area contributed by atoms with Crippen molar-refractivity contribution in [3.8, 4) is 11.8 Å². The molecule has 2 rings (SSSR count). The van der Waals surface area contributed by atoms with E-state index in [0.29, 0.717) is 12.3 Å². The number of halogens is 1. The molecule has 0 atom stereocenters. The first-order valence-corrected chi connectivity index (χ1v) is 6.23. The number of benzene rings is 1. The van der Waals surface area contributed by atoms with Gasteiger partial charge in [0, 0.05) is 18.2 Å². The summed E-state index contributed by atoms with van der Waals surface area (Å²) in [5.74, 6) is -0.329. The van der Waals surface area contributed by atoms with Gasteiger partial charge < -0.3 is 10.5 Å². The lowest BCUT2D eigenvalue weighted by Crippen LogP contribution is -2.23. The normalized spacial score (nSPS) is 10.1. The van der Waals surface area contributed by atoms with Gasteiger partial charge in [0.2, 0.25) is 0 Å². The second-order valence-corrected chi connectivity index (χ2v) is 4.21. The Kier molecular flexibility index (Phi) is 4.64. The lowest BCUT2D eigenvalue weighted by molar-refractivity contribution is 0.324. The molecule has 0 spiro atoms. The van der Waals surface area contributed by atoms with Crippen molar-refractivity contribution in [3.63, 3.8) is 0 Å². The van der Waals surface area contributed by atoms with E-state index in [-0.39, 0.29) is 24.3 Å². The molecule has 108 valence electrons. The van der Waals surface area contributed by atoms with Crippen molar-refractivity contribution in [1.82, 2.24) is 9.78 Å². The number of nitrogens with zero attached hydrogens (tertiary/aromatic N) is 3. The van der Waals surface area contributed by atoms with Gasteiger partial charge in [0.25, 0.3) is 5.56 Å². The highest BCUT2D eigenvalue weighted by atomic mass is 19.1. The molecule has 1 aromatic carbocycles. The summed E-state index contributed by atoms with van der Waals surface area (Å²) in [4.78, 5) is 11.9. The van der Waals surface area contributed by atoms with Crippen LogP contribution in [0, 0.1) is 17.1 Å². The fourth-order valence-corrected chi connectivity index (χ4v) is 1.74. The monoisotopic (exact) mass is 288 g/mol. The molecule has 0 aliphatic rings. The van der Waals surface area contributed by atoms with Crippen LogP contribution >= 0.6 is 0 Å². The molecule has 7 heteroatoms. The van der Waals surface area contributed by atoms with Crippen LogP contribution in [0.25, 0.3) is 0 Å². The summed E-state index contributed by atoms with van der Waals surface area (Å²) in [7, 11) is 0. The molecule has 21 heavy (non-hydrogen) atoms. The number of nitrogens with two attached hydrogens (primary N) is 1. The van der Waals surface area contributed by atoms with Crippen molar-refractivity contribution in [3.05, 3.63) is 57.8 Å². The summed E-state index contributed by atoms with van der Waals surface area (Å²) in [6.45, 7) is 0.552. The Bertz CT molecular complexity index is 736. The first-order valence-electron chi connectivity index (χ1n) is 6.23. The van der Waals surface area contributed by atoms with Gasteiger partial charge in [-0.1, -0.05) is 12.1 Å². The molecule has 1 heterocycles. The summed E-state index contributed by atoms with van der Waals surface area (Å²) in [6, 6.07) is 7.45. The van der Waals surface area contributed by atoms with Crippen molar-refractivity contribution < 1.29 is 9.13 Å². The quantitative estimate of drug-likeness (QED) is 0.871. The number of ether oxygens (including phenoxy) is 1. The number of nitriles is 1. The van der Waals surface area contributed by atoms with E-state index >= 15 is 0 Å². The van der Waals surface area contributed by atoms with Crippen LogP contribution in [0.5, 0.6) is 5.75 Å². The average Bonchev–Trinajstić information content (AvgIpc) is 2.49. The van der Waals surface area contributed by atoms with E-state index in [2.05, 4.69) is 5.10 Å². The summed E-state index contributed by atoms with van der Waals surface area (Å²) < 4.78 is 20.2. The Morgan fingerprint density at radius 1 is 1.48 bits per heavy atom. The van der Waals surface area contributed by atoms with Gasteiger partial charge in [0.05, 0.1) is 18.3 Å². The minimum absolute atomic E-state index is 0.0582. The van der Waals surface area contributed by atoms with Crippen molar-refractivity contribution >= 4 is 0 Å². The Morgan fingerprint density at radius 2 is 2.29 bits per heavy atom. The predicted octanol–water partition coefficient (Wildman–Crippen LogP) is 0.640. The Hall–Kier alpha value is -2.72. The lowest BCUT2D eigenvalue weighted by atomic mass is 10.1. The maximum atomic E-state index is 13.9. The van der Waals surface area contributed by atoms with E-state index < -0.39 is 11.4 Å². The van der Waals surface area contributed by atoms with E-state index in [1.54, 1.807) is 12.1 Å². The predicted molar refractivity (Wildman–Crippen MR) is 73.3 cm³/mol. The Morgan fingerprint density at radius 3 is 2.95 bits per heavy atom. The van der Waals surface area contributed by atoms with Crippen LogP contribution in [0.3, 0.4) is 0 Å². The molecule has 0 bridgehead atoms. The van der Waals surface area contributed by atoms with Gasteiger partial charge in [-0.15, -0.1) is 0 Å². The van der Waals surface area contributed by atoms with Crippen LogP contribution in [0.1, 0.15) is 11.1 Å². The molecule has 0 aliphatic carbocycles. The van der Waals surface area contributed by atoms with E-state index in [9.17, 15) is 9.18 Å². The van der Waals surface area contributed by atoms with E-state index in [0.717, 1.165) is 4.68 Å². The zero-order chi connectivity index (χ0) is 15.2. The molecule has 0 unspecified atom stereocenters. The van der Waals surface area contributed by atoms with Crippen LogP contribution in [0.4, 0.5) is 4.39 Å². The van der Waals surface area contributed by atoms with E-state index in [4.69, 9.17) is 15.7 Å². The van der Waals surface area contributed by atoms with E-state index in [1.807, 2.05) is 0 Å². The summed E-state index contributed by atoms with van der Waals surface area (Å²) in [5, 5.41) is 12.7. The average molecular weight is 288 g/mol. The molecule has 0 saturated carbocycles. The third-order valence-electron chi connectivity index (χ3n) is 2.75. The smallest absolute Gasteiger partial charge is 0.270 e. The molecule has 0 saturated heterocycles. The fourth-order valence-electron chi connectivity index (χ4n) is 1.74. The van der Waals surface area contributed by atoms with Crippen LogP contribution in [0.2, 0.25) is 0 Å². The highest BCUT2D eigenvalue weighted by Gasteiger charge is 2.09. The number of rotatable bonds is 5. The molecule has 2 N–H and O–H groups in total. The highest BCUT2D eigenvalue weighted by Crippen LogP contribution is 2.13. The largest absolute Gasteiger partial charge is 0.490 e. The van der Waals surface area contributed by atoms with Crippen LogP contribution < -0.4 is 16.0 Å². The van der Waals surface area contributed by atoms with Gasteiger partial charge in [-0.25, -0.2) is 9.07 Å². The van der Waals surface area contributed by atoms with Crippen LogP contribution in [-0.4, -0.2) is 22.9 Å². The topological polar surface area (TPSA) is 93.9 Å². The molecular weight excluding hydrogens is 275 g/mol. The molecule has 6 nitrogen and oxygen atoms in total. The van der Waals surface area contributed by atoms with Crippen LogP contribution in [0.15, 0.2) is 35.3 Å². The number of hydrogen-bond donors (Lipinski definition) is 1. The Balaban J connectivity index is 2.25. The zero-order valence-electron chi connectivity index (χ0n) is 11.1. The second-order valence-electron chi connectivity index (χ2n) is 4.21. The van der Waals surface area contributed by atoms with Crippen LogP contribution in [-0.2, 0) is 6.54 Å². The summed E-state index contributed by atoms with van der Waals surface area (Å²) in [6.07, 6.45) is 1.36. The molecular formula is C14H13FN4O2. The van der Waals surface area contributed by atoms with E-state index in [1.165, 1.54) is 24.4 Å². The van der Waals surface area contributed by atoms with Gasteiger partial charge in [0.15, 0.2) is 0 Å².